The summed E-state index contributed by atoms with van der Waals surface area (Å²) < 4.78 is 0. The van der Waals surface area contributed by atoms with Gasteiger partial charge in [0, 0.05) is 5.22 Å². The van der Waals surface area contributed by atoms with E-state index in [1.807, 2.05) is 6.07 Å². The van der Waals surface area contributed by atoms with Crippen LogP contribution in [0.4, 0.5) is 0 Å². The minimum Gasteiger partial charge on any atom is -0.478 e. The normalized spacial score (nSPS) is 24.4. The van der Waals surface area contributed by atoms with E-state index in [4.69, 9.17) is 10.8 Å². The third-order valence-corrected chi connectivity index (χ3v) is 1.96. The van der Waals surface area contributed by atoms with Crippen molar-refractivity contribution in [2.45, 2.75) is 5.66 Å². The molecule has 1 aliphatic heterocycles. The Labute approximate surface area is 74.0 Å². The van der Waals surface area contributed by atoms with E-state index in [1.54, 1.807) is 18.2 Å². The number of rotatable bonds is 1. The van der Waals surface area contributed by atoms with Gasteiger partial charge in [0.2, 0.25) is 5.66 Å². The summed E-state index contributed by atoms with van der Waals surface area (Å²) in [7, 11) is 0. The van der Waals surface area contributed by atoms with Crippen molar-refractivity contribution < 1.29 is 9.90 Å². The van der Waals surface area contributed by atoms with Crippen molar-refractivity contribution >= 4 is 12.0 Å². The van der Waals surface area contributed by atoms with Crippen molar-refractivity contribution in [2.75, 3.05) is 0 Å². The fraction of sp³-hybridized carbons (Fsp3) is 0.111. The maximum Gasteiger partial charge on any atom is 0.350 e. The van der Waals surface area contributed by atoms with Gasteiger partial charge in [0.25, 0.3) is 0 Å². The maximum absolute atomic E-state index is 10.7. The molecule has 0 fully saturated rings. The Hall–Kier alpha value is -1.68. The average molecular weight is 176 g/mol. The van der Waals surface area contributed by atoms with Crippen LogP contribution < -0.4 is 16.3 Å². The van der Waals surface area contributed by atoms with Gasteiger partial charge < -0.3 is 5.11 Å². The molecule has 13 heavy (non-hydrogen) atoms. The van der Waals surface area contributed by atoms with E-state index in [1.165, 1.54) is 6.08 Å². The van der Waals surface area contributed by atoms with Crippen molar-refractivity contribution in [3.05, 3.63) is 34.8 Å². The first-order chi connectivity index (χ1) is 6.12. The molecule has 0 aliphatic carbocycles. The van der Waals surface area contributed by atoms with Crippen LogP contribution in [0.5, 0.6) is 0 Å². The molecule has 1 atom stereocenters. The van der Waals surface area contributed by atoms with Crippen LogP contribution >= 0.6 is 0 Å². The predicted molar refractivity (Wildman–Crippen MR) is 46.2 cm³/mol. The molecular formula is C9H8N2O2. The smallest absolute Gasteiger partial charge is 0.350 e. The van der Waals surface area contributed by atoms with Crippen molar-refractivity contribution in [2.24, 2.45) is 10.7 Å². The first-order valence-electron chi connectivity index (χ1n) is 3.82. The minimum atomic E-state index is -1.58. The first kappa shape index (κ1) is 7.94. The fourth-order valence-electron chi connectivity index (χ4n) is 1.29. The van der Waals surface area contributed by atoms with Crippen molar-refractivity contribution in [3.63, 3.8) is 0 Å². The number of benzene rings is 1. The van der Waals surface area contributed by atoms with Crippen LogP contribution in [0.2, 0.25) is 0 Å². The SMILES string of the molecule is NC1(C(=O)O)C=c2ccccc2=N1. The Morgan fingerprint density at radius 3 is 2.77 bits per heavy atom. The number of carboxylic acids is 1. The largest absolute Gasteiger partial charge is 0.478 e. The van der Waals surface area contributed by atoms with Crippen LogP contribution in [-0.2, 0) is 4.79 Å². The molecule has 0 aromatic heterocycles. The highest BCUT2D eigenvalue weighted by Gasteiger charge is 2.32. The minimum absolute atomic E-state index is 0.632. The highest BCUT2D eigenvalue weighted by Crippen LogP contribution is 2.06. The van der Waals surface area contributed by atoms with Gasteiger partial charge in [-0.05, 0) is 12.1 Å². The Balaban J connectivity index is 2.70. The van der Waals surface area contributed by atoms with Gasteiger partial charge in [-0.25, -0.2) is 9.79 Å². The topological polar surface area (TPSA) is 75.7 Å². The van der Waals surface area contributed by atoms with Gasteiger partial charge >= 0.3 is 5.97 Å². The molecule has 1 aromatic rings. The molecule has 3 N–H and O–H groups in total. The first-order valence-corrected chi connectivity index (χ1v) is 3.82. The Bertz CT molecular complexity index is 444. The Morgan fingerprint density at radius 1 is 1.46 bits per heavy atom. The van der Waals surface area contributed by atoms with E-state index in [-0.39, 0.29) is 0 Å². The molecule has 0 saturated carbocycles. The van der Waals surface area contributed by atoms with E-state index in [0.717, 1.165) is 5.22 Å². The van der Waals surface area contributed by atoms with Crippen LogP contribution in [0, 0.1) is 0 Å². The number of carbonyl (C=O) groups is 1. The second-order valence-electron chi connectivity index (χ2n) is 2.95. The Morgan fingerprint density at radius 2 is 2.15 bits per heavy atom. The second-order valence-corrected chi connectivity index (χ2v) is 2.95. The summed E-state index contributed by atoms with van der Waals surface area (Å²) in [4.78, 5) is 14.6. The molecule has 0 bridgehead atoms. The summed E-state index contributed by atoms with van der Waals surface area (Å²) >= 11 is 0. The maximum atomic E-state index is 10.7. The van der Waals surface area contributed by atoms with E-state index in [2.05, 4.69) is 4.99 Å². The zero-order valence-electron chi connectivity index (χ0n) is 6.77. The van der Waals surface area contributed by atoms with E-state index in [9.17, 15) is 4.79 Å². The summed E-state index contributed by atoms with van der Waals surface area (Å²) in [6, 6.07) is 7.14. The lowest BCUT2D eigenvalue weighted by atomic mass is 10.2. The average Bonchev–Trinajstić information content (AvgIpc) is 2.42. The number of para-hydroxylation sites is 1. The zero-order chi connectivity index (χ0) is 9.47. The van der Waals surface area contributed by atoms with Gasteiger partial charge in [0.05, 0.1) is 5.36 Å². The number of hydrogen-bond acceptors (Lipinski definition) is 3. The number of fused-ring (bicyclic) bond motifs is 1. The molecule has 0 amide bonds. The van der Waals surface area contributed by atoms with Crippen LogP contribution in [0.25, 0.3) is 6.08 Å². The summed E-state index contributed by atoms with van der Waals surface area (Å²) in [5, 5.41) is 10.2. The fourth-order valence-corrected chi connectivity index (χ4v) is 1.29. The van der Waals surface area contributed by atoms with Crippen LogP contribution in [0.15, 0.2) is 29.3 Å². The molecule has 1 unspecified atom stereocenters. The van der Waals surface area contributed by atoms with Crippen molar-refractivity contribution in [3.8, 4) is 0 Å². The quantitative estimate of drug-likeness (QED) is 0.566. The highest BCUT2D eigenvalue weighted by molar-refractivity contribution is 5.87. The number of nitrogens with two attached hydrogens (primary N) is 1. The van der Waals surface area contributed by atoms with Crippen LogP contribution in [0.3, 0.4) is 0 Å². The predicted octanol–water partition coefficient (Wildman–Crippen LogP) is -1.16. The van der Waals surface area contributed by atoms with Crippen LogP contribution in [-0.4, -0.2) is 16.7 Å². The lowest BCUT2D eigenvalue weighted by molar-refractivity contribution is -0.140. The van der Waals surface area contributed by atoms with Gasteiger partial charge in [0.15, 0.2) is 0 Å². The lowest BCUT2D eigenvalue weighted by Gasteiger charge is -2.10. The molecule has 0 saturated heterocycles. The molecule has 4 nitrogen and oxygen atoms in total. The second kappa shape index (κ2) is 2.40. The molecule has 0 spiro atoms. The number of aliphatic carboxylic acids is 1. The third-order valence-electron chi connectivity index (χ3n) is 1.96. The van der Waals surface area contributed by atoms with E-state index >= 15 is 0 Å². The van der Waals surface area contributed by atoms with E-state index < -0.39 is 11.6 Å². The Kier molecular flexibility index (Phi) is 1.47. The van der Waals surface area contributed by atoms with Gasteiger partial charge in [0.1, 0.15) is 0 Å². The molecule has 66 valence electrons. The van der Waals surface area contributed by atoms with Gasteiger partial charge in [-0.3, -0.25) is 5.73 Å². The zero-order valence-corrected chi connectivity index (χ0v) is 6.77. The number of carboxylic acid groups (broad SMARTS) is 1. The third kappa shape index (κ3) is 1.11. The van der Waals surface area contributed by atoms with Gasteiger partial charge in [-0.1, -0.05) is 18.2 Å². The van der Waals surface area contributed by atoms with Crippen LogP contribution in [0.1, 0.15) is 0 Å². The molecule has 1 aliphatic rings. The standard InChI is InChI=1S/C9H8N2O2/c10-9(8(12)13)5-6-3-1-2-4-7(6)11-9/h1-5H,10H2,(H,12,13). The molecular weight excluding hydrogens is 168 g/mol. The monoisotopic (exact) mass is 176 g/mol. The summed E-state index contributed by atoms with van der Waals surface area (Å²) in [5.41, 5.74) is 3.95. The van der Waals surface area contributed by atoms with E-state index in [0.29, 0.717) is 5.36 Å². The molecule has 1 heterocycles. The highest BCUT2D eigenvalue weighted by atomic mass is 16.4. The summed E-state index contributed by atoms with van der Waals surface area (Å²) in [6.07, 6.45) is 1.45. The number of hydrogen-bond donors (Lipinski definition) is 2. The molecule has 4 heteroatoms. The summed E-state index contributed by atoms with van der Waals surface area (Å²) in [6.45, 7) is 0. The van der Waals surface area contributed by atoms with Gasteiger partial charge in [-0.15, -0.1) is 0 Å². The summed E-state index contributed by atoms with van der Waals surface area (Å²) in [5.74, 6) is -1.14. The molecule has 0 radical (unpaired) electrons. The molecule has 2 rings (SSSR count). The lowest BCUT2D eigenvalue weighted by Crippen LogP contribution is -2.43. The number of nitrogens with zero attached hydrogens (tertiary/aromatic N) is 1. The van der Waals surface area contributed by atoms with Crippen molar-refractivity contribution in [1.82, 2.24) is 0 Å². The van der Waals surface area contributed by atoms with Crippen molar-refractivity contribution in [1.29, 1.82) is 0 Å². The molecule has 1 aromatic carbocycles. The van der Waals surface area contributed by atoms with Gasteiger partial charge in [-0.2, -0.15) is 0 Å².